The van der Waals surface area contributed by atoms with Crippen molar-refractivity contribution in [3.05, 3.63) is 113 Å². The number of furan rings is 1. The minimum atomic E-state index is -1.01. The van der Waals surface area contributed by atoms with Gasteiger partial charge < -0.3 is 9.52 Å². The molecule has 0 aliphatic carbocycles. The maximum atomic E-state index is 13.2. The van der Waals surface area contributed by atoms with Gasteiger partial charge in [0.15, 0.2) is 5.82 Å². The summed E-state index contributed by atoms with van der Waals surface area (Å²) in [5, 5.41) is 14.0. The Morgan fingerprint density at radius 3 is 2.48 bits per heavy atom. The summed E-state index contributed by atoms with van der Waals surface area (Å²) in [6.07, 6.45) is 1.44. The molecule has 160 valence electrons. The number of aromatic carboxylic acids is 1. The summed E-state index contributed by atoms with van der Waals surface area (Å²) in [4.78, 5) is 29.1. The van der Waals surface area contributed by atoms with Crippen LogP contribution < -0.4 is 5.56 Å². The van der Waals surface area contributed by atoms with Crippen LogP contribution >= 0.6 is 0 Å². The van der Waals surface area contributed by atoms with Crippen LogP contribution in [0.3, 0.4) is 0 Å². The molecule has 0 aliphatic heterocycles. The van der Waals surface area contributed by atoms with Gasteiger partial charge in [-0.2, -0.15) is 9.78 Å². The maximum absolute atomic E-state index is 13.2. The molecular weight excluding hydrogens is 418 g/mol. The monoisotopic (exact) mass is 435 g/mol. The molecular formula is C26H17N3O4. The van der Waals surface area contributed by atoms with Crippen LogP contribution in [0.5, 0.6) is 0 Å². The highest BCUT2D eigenvalue weighted by Gasteiger charge is 2.13. The summed E-state index contributed by atoms with van der Waals surface area (Å²) in [7, 11) is 0. The zero-order valence-corrected chi connectivity index (χ0v) is 17.3. The largest absolute Gasteiger partial charge is 0.478 e. The Labute approximate surface area is 187 Å². The Balaban J connectivity index is 1.57. The highest BCUT2D eigenvalue weighted by Crippen LogP contribution is 2.23. The summed E-state index contributed by atoms with van der Waals surface area (Å²) in [6, 6.07) is 26.4. The number of rotatable bonds is 5. The molecule has 3 aromatic carbocycles. The zero-order chi connectivity index (χ0) is 22.8. The van der Waals surface area contributed by atoms with Crippen LogP contribution in [-0.2, 0) is 0 Å². The summed E-state index contributed by atoms with van der Waals surface area (Å²) < 4.78 is 7.08. The van der Waals surface area contributed by atoms with Gasteiger partial charge in [-0.25, -0.2) is 9.78 Å². The molecule has 0 aliphatic rings. The highest BCUT2D eigenvalue weighted by molar-refractivity contribution is 5.89. The number of para-hydroxylation sites is 1. The molecule has 0 atom stereocenters. The molecule has 33 heavy (non-hydrogen) atoms. The van der Waals surface area contributed by atoms with Crippen LogP contribution in [0, 0.1) is 0 Å². The molecule has 0 fully saturated rings. The number of hydrogen-bond acceptors (Lipinski definition) is 5. The number of fused-ring (bicyclic) bond motifs is 1. The lowest BCUT2D eigenvalue weighted by molar-refractivity contribution is 0.0697. The molecule has 0 unspecified atom stereocenters. The first-order valence-electron chi connectivity index (χ1n) is 10.2. The quantitative estimate of drug-likeness (QED) is 0.396. The van der Waals surface area contributed by atoms with Crippen LogP contribution in [0.15, 0.2) is 105 Å². The van der Waals surface area contributed by atoms with Gasteiger partial charge in [-0.15, -0.1) is 0 Å². The van der Waals surface area contributed by atoms with Gasteiger partial charge in [0.05, 0.1) is 22.7 Å². The SMILES string of the molecule is O=C(O)c1cccc(-c2ccc(C=Nn3c(-c4ccccc4)nc4ccccc4c3=O)o2)c1. The third-order valence-corrected chi connectivity index (χ3v) is 5.11. The van der Waals surface area contributed by atoms with E-state index < -0.39 is 5.97 Å². The Bertz CT molecular complexity index is 1570. The van der Waals surface area contributed by atoms with Crippen molar-refractivity contribution in [2.75, 3.05) is 0 Å². The van der Waals surface area contributed by atoms with Gasteiger partial charge in [0.25, 0.3) is 5.56 Å². The lowest BCUT2D eigenvalue weighted by Gasteiger charge is -2.09. The average molecular weight is 435 g/mol. The predicted octanol–water partition coefficient (Wildman–Crippen LogP) is 4.90. The first kappa shape index (κ1) is 20.1. The molecule has 7 heteroatoms. The topological polar surface area (TPSA) is 97.7 Å². The second-order valence-electron chi connectivity index (χ2n) is 7.27. The highest BCUT2D eigenvalue weighted by atomic mass is 16.4. The standard InChI is InChI=1S/C26H17N3O4/c30-25-21-11-4-5-12-22(21)28-24(17-7-2-1-3-8-17)29(25)27-16-20-13-14-23(33-20)18-9-6-10-19(15-18)26(31)32/h1-16H,(H,31,32). The van der Waals surface area contributed by atoms with Crippen molar-refractivity contribution in [2.24, 2.45) is 5.10 Å². The molecule has 0 bridgehead atoms. The summed E-state index contributed by atoms with van der Waals surface area (Å²) >= 11 is 0. The van der Waals surface area contributed by atoms with Crippen molar-refractivity contribution < 1.29 is 14.3 Å². The predicted molar refractivity (Wildman–Crippen MR) is 126 cm³/mol. The molecule has 0 saturated heterocycles. The van der Waals surface area contributed by atoms with E-state index in [0.29, 0.717) is 33.8 Å². The van der Waals surface area contributed by atoms with Crippen LogP contribution in [-0.4, -0.2) is 27.0 Å². The number of carboxylic acid groups (broad SMARTS) is 1. The Morgan fingerprint density at radius 2 is 1.67 bits per heavy atom. The molecule has 2 aromatic heterocycles. The van der Waals surface area contributed by atoms with E-state index >= 15 is 0 Å². The smallest absolute Gasteiger partial charge is 0.335 e. The van der Waals surface area contributed by atoms with E-state index in [-0.39, 0.29) is 11.1 Å². The fraction of sp³-hybridized carbons (Fsp3) is 0. The molecule has 2 heterocycles. The number of nitrogens with zero attached hydrogens (tertiary/aromatic N) is 3. The third kappa shape index (κ3) is 3.95. The van der Waals surface area contributed by atoms with Crippen LogP contribution in [0.4, 0.5) is 0 Å². The Morgan fingerprint density at radius 1 is 0.909 bits per heavy atom. The number of hydrogen-bond donors (Lipinski definition) is 1. The molecule has 5 rings (SSSR count). The maximum Gasteiger partial charge on any atom is 0.335 e. The van der Waals surface area contributed by atoms with Crippen molar-refractivity contribution >= 4 is 23.1 Å². The van der Waals surface area contributed by atoms with Crippen molar-refractivity contribution in [3.8, 4) is 22.7 Å². The second kappa shape index (κ2) is 8.39. The van der Waals surface area contributed by atoms with E-state index in [2.05, 4.69) is 10.1 Å². The van der Waals surface area contributed by atoms with Gasteiger partial charge >= 0.3 is 5.97 Å². The van der Waals surface area contributed by atoms with Gasteiger partial charge in [0.1, 0.15) is 11.5 Å². The number of carboxylic acids is 1. The van der Waals surface area contributed by atoms with Crippen molar-refractivity contribution in [1.82, 2.24) is 9.66 Å². The van der Waals surface area contributed by atoms with Gasteiger partial charge in [-0.05, 0) is 36.4 Å². The van der Waals surface area contributed by atoms with E-state index in [1.54, 1.807) is 42.5 Å². The van der Waals surface area contributed by atoms with Crippen LogP contribution in [0.2, 0.25) is 0 Å². The molecule has 0 saturated carbocycles. The van der Waals surface area contributed by atoms with Crippen LogP contribution in [0.1, 0.15) is 16.1 Å². The summed E-state index contributed by atoms with van der Waals surface area (Å²) in [5.74, 6) is 0.301. The lowest BCUT2D eigenvalue weighted by Crippen LogP contribution is -2.20. The minimum Gasteiger partial charge on any atom is -0.478 e. The fourth-order valence-corrected chi connectivity index (χ4v) is 3.50. The van der Waals surface area contributed by atoms with Gasteiger partial charge in [0.2, 0.25) is 0 Å². The van der Waals surface area contributed by atoms with Gasteiger partial charge in [0, 0.05) is 11.1 Å². The summed E-state index contributed by atoms with van der Waals surface area (Å²) in [6.45, 7) is 0. The number of benzene rings is 3. The van der Waals surface area contributed by atoms with Crippen LogP contribution in [0.25, 0.3) is 33.6 Å². The summed E-state index contributed by atoms with van der Waals surface area (Å²) in [5.41, 5.74) is 1.84. The van der Waals surface area contributed by atoms with E-state index in [4.69, 9.17) is 4.42 Å². The van der Waals surface area contributed by atoms with Gasteiger partial charge in [-0.3, -0.25) is 4.79 Å². The Kier molecular flexibility index (Phi) is 5.12. The fourth-order valence-electron chi connectivity index (χ4n) is 3.50. The molecule has 0 spiro atoms. The molecule has 0 radical (unpaired) electrons. The molecule has 5 aromatic rings. The lowest BCUT2D eigenvalue weighted by atomic mass is 10.1. The zero-order valence-electron chi connectivity index (χ0n) is 17.3. The number of carbonyl (C=O) groups is 1. The first-order valence-corrected chi connectivity index (χ1v) is 10.2. The van der Waals surface area contributed by atoms with E-state index in [9.17, 15) is 14.7 Å². The molecule has 1 N–H and O–H groups in total. The van der Waals surface area contributed by atoms with E-state index in [1.165, 1.54) is 23.0 Å². The van der Waals surface area contributed by atoms with Crippen molar-refractivity contribution in [1.29, 1.82) is 0 Å². The van der Waals surface area contributed by atoms with Gasteiger partial charge in [-0.1, -0.05) is 54.6 Å². The van der Waals surface area contributed by atoms with E-state index in [1.807, 2.05) is 36.4 Å². The minimum absolute atomic E-state index is 0.167. The third-order valence-electron chi connectivity index (χ3n) is 5.11. The first-order chi connectivity index (χ1) is 16.1. The molecule has 7 nitrogen and oxygen atoms in total. The number of aromatic nitrogens is 2. The molecule has 0 amide bonds. The van der Waals surface area contributed by atoms with Crippen molar-refractivity contribution in [3.63, 3.8) is 0 Å². The second-order valence-corrected chi connectivity index (χ2v) is 7.27. The Hall–Kier alpha value is -4.78. The average Bonchev–Trinajstić information content (AvgIpc) is 3.33. The van der Waals surface area contributed by atoms with E-state index in [0.717, 1.165) is 5.56 Å². The normalized spacial score (nSPS) is 11.3. The van der Waals surface area contributed by atoms with Crippen molar-refractivity contribution in [2.45, 2.75) is 0 Å².